The number of nitrogens with two attached hydrogens (primary N) is 1. The van der Waals surface area contributed by atoms with E-state index < -0.39 is 17.2 Å². The number of benzene rings is 1. The van der Waals surface area contributed by atoms with Crippen LogP contribution in [0.25, 0.3) is 16.8 Å². The van der Waals surface area contributed by atoms with Crippen LogP contribution in [0.4, 0.5) is 20.4 Å². The van der Waals surface area contributed by atoms with Crippen LogP contribution in [0.2, 0.25) is 0 Å². The van der Waals surface area contributed by atoms with Crippen LogP contribution in [0.3, 0.4) is 0 Å². The Morgan fingerprint density at radius 1 is 1.12 bits per heavy atom. The van der Waals surface area contributed by atoms with Gasteiger partial charge >= 0.3 is 0 Å². The summed E-state index contributed by atoms with van der Waals surface area (Å²) in [5.41, 5.74) is 7.77. The molecule has 3 aromatic heterocycles. The predicted octanol–water partition coefficient (Wildman–Crippen LogP) is 4.92. The van der Waals surface area contributed by atoms with E-state index in [1.165, 1.54) is 23.6 Å². The van der Waals surface area contributed by atoms with Gasteiger partial charge in [-0.05, 0) is 79.0 Å². The number of aliphatic hydroxyl groups is 1. The largest absolute Gasteiger partial charge is 0.385 e. The molecule has 1 aromatic carbocycles. The van der Waals surface area contributed by atoms with Crippen molar-refractivity contribution in [1.29, 1.82) is 0 Å². The third-order valence-corrected chi connectivity index (χ3v) is 8.85. The van der Waals surface area contributed by atoms with Gasteiger partial charge in [-0.3, -0.25) is 9.78 Å². The minimum Gasteiger partial charge on any atom is -0.385 e. The van der Waals surface area contributed by atoms with Gasteiger partial charge in [-0.15, -0.1) is 0 Å². The van der Waals surface area contributed by atoms with Crippen molar-refractivity contribution in [3.63, 3.8) is 0 Å². The third kappa shape index (κ3) is 5.22. The number of hydrogen-bond donors (Lipinski definition) is 4. The van der Waals surface area contributed by atoms with Gasteiger partial charge in [0, 0.05) is 25.2 Å². The van der Waals surface area contributed by atoms with Crippen LogP contribution >= 0.6 is 0 Å². The van der Waals surface area contributed by atoms with E-state index in [4.69, 9.17) is 5.73 Å². The number of aromatic nitrogens is 4. The Kier molecular flexibility index (Phi) is 7.40. The highest BCUT2D eigenvalue weighted by Crippen LogP contribution is 2.41. The van der Waals surface area contributed by atoms with Gasteiger partial charge in [0.15, 0.2) is 0 Å². The van der Waals surface area contributed by atoms with E-state index >= 15 is 8.78 Å². The lowest BCUT2D eigenvalue weighted by Crippen LogP contribution is -2.54. The summed E-state index contributed by atoms with van der Waals surface area (Å²) >= 11 is 0. The first-order valence-electron chi connectivity index (χ1n) is 14.4. The summed E-state index contributed by atoms with van der Waals surface area (Å²) in [4.78, 5) is 20.5. The number of amides is 1. The number of nitrogens with zero attached hydrogens (tertiary/aromatic N) is 4. The summed E-state index contributed by atoms with van der Waals surface area (Å²) in [6, 6.07) is 7.35. The monoisotopic (exact) mass is 575 g/mol. The van der Waals surface area contributed by atoms with Crippen molar-refractivity contribution in [3.05, 3.63) is 71.7 Å². The zero-order valence-corrected chi connectivity index (χ0v) is 23.6. The summed E-state index contributed by atoms with van der Waals surface area (Å²) in [6.07, 6.45) is 9.17. The van der Waals surface area contributed by atoms with Crippen molar-refractivity contribution in [2.24, 2.45) is 11.7 Å². The minimum absolute atomic E-state index is 0.0908. The summed E-state index contributed by atoms with van der Waals surface area (Å²) in [6.45, 7) is 3.59. The quantitative estimate of drug-likeness (QED) is 0.257. The fraction of sp³-hybridized carbons (Fsp3) is 0.419. The first-order chi connectivity index (χ1) is 20.1. The van der Waals surface area contributed by atoms with Crippen LogP contribution in [0.15, 0.2) is 48.9 Å². The maximum atomic E-state index is 15.3. The molecule has 11 heteroatoms. The van der Waals surface area contributed by atoms with E-state index in [0.29, 0.717) is 30.7 Å². The Hall–Kier alpha value is -3.96. The Bertz CT molecular complexity index is 1600. The van der Waals surface area contributed by atoms with E-state index in [0.717, 1.165) is 30.5 Å². The number of rotatable bonds is 6. The summed E-state index contributed by atoms with van der Waals surface area (Å²) in [5, 5.41) is 21.7. The Morgan fingerprint density at radius 2 is 1.86 bits per heavy atom. The second-order valence-corrected chi connectivity index (χ2v) is 11.8. The van der Waals surface area contributed by atoms with Gasteiger partial charge < -0.3 is 21.5 Å². The molecule has 2 aliphatic carbocycles. The van der Waals surface area contributed by atoms with Gasteiger partial charge in [-0.2, -0.15) is 9.61 Å². The molecule has 0 spiro atoms. The van der Waals surface area contributed by atoms with E-state index in [-0.39, 0.29) is 46.6 Å². The molecule has 0 aliphatic heterocycles. The smallest absolute Gasteiger partial charge is 0.229 e. The molecule has 5 N–H and O–H groups in total. The van der Waals surface area contributed by atoms with Crippen molar-refractivity contribution in [2.75, 3.05) is 5.32 Å². The molecule has 2 saturated carbocycles. The van der Waals surface area contributed by atoms with Crippen molar-refractivity contribution in [3.8, 4) is 11.3 Å². The molecule has 4 aromatic rings. The molecule has 42 heavy (non-hydrogen) atoms. The second kappa shape index (κ2) is 11.0. The van der Waals surface area contributed by atoms with Crippen molar-refractivity contribution in [2.45, 2.75) is 76.0 Å². The molecule has 0 saturated heterocycles. The Morgan fingerprint density at radius 3 is 2.55 bits per heavy atom. The number of pyridine rings is 1. The second-order valence-electron chi connectivity index (χ2n) is 11.8. The normalized spacial score (nSPS) is 23.7. The zero-order chi connectivity index (χ0) is 29.6. The predicted molar refractivity (Wildman–Crippen MR) is 155 cm³/mol. The number of carbonyl (C=O) groups excluding carboxylic acids is 1. The molecule has 4 unspecified atom stereocenters. The number of fused-ring (bicyclic) bond motifs is 1. The molecule has 0 bridgehead atoms. The number of anilines is 2. The lowest BCUT2D eigenvalue weighted by molar-refractivity contribution is -0.120. The van der Waals surface area contributed by atoms with Crippen LogP contribution < -0.4 is 16.4 Å². The minimum atomic E-state index is -1.20. The lowest BCUT2D eigenvalue weighted by Gasteiger charge is -2.39. The molecule has 1 amide bonds. The molecule has 2 fully saturated rings. The van der Waals surface area contributed by atoms with Gasteiger partial charge in [0.05, 0.1) is 40.5 Å². The Balaban J connectivity index is 1.30. The number of carbonyl (C=O) groups is 1. The highest BCUT2D eigenvalue weighted by Gasteiger charge is 2.36. The number of nitrogens with one attached hydrogen (secondary N) is 2. The topological polar surface area (TPSA) is 130 Å². The highest BCUT2D eigenvalue weighted by molar-refractivity contribution is 5.73. The van der Waals surface area contributed by atoms with Gasteiger partial charge in [-0.25, -0.2) is 13.8 Å². The van der Waals surface area contributed by atoms with Gasteiger partial charge in [0.2, 0.25) is 11.9 Å². The average molecular weight is 576 g/mol. The fourth-order valence-electron chi connectivity index (χ4n) is 6.75. The van der Waals surface area contributed by atoms with Gasteiger partial charge in [-0.1, -0.05) is 19.8 Å². The van der Waals surface area contributed by atoms with E-state index in [1.807, 2.05) is 6.07 Å². The SMILES string of the molecule is CC(=O)NC1C(C)CC(c2ccncc2Nc2ncc3ccc(-c4c(F)cc(C5(O)CCCC5)cc4F)nn23)CC1N. The molecule has 2 aliphatic rings. The zero-order valence-electron chi connectivity index (χ0n) is 23.6. The Labute approximate surface area is 242 Å². The summed E-state index contributed by atoms with van der Waals surface area (Å²) < 4.78 is 32.2. The van der Waals surface area contributed by atoms with Crippen molar-refractivity contribution < 1.29 is 18.7 Å². The molecular formula is C31H35F2N7O2. The van der Waals surface area contributed by atoms with Crippen molar-refractivity contribution >= 4 is 23.1 Å². The van der Waals surface area contributed by atoms with E-state index in [9.17, 15) is 9.90 Å². The summed E-state index contributed by atoms with van der Waals surface area (Å²) in [5.74, 6) is -0.985. The van der Waals surface area contributed by atoms with Crippen LogP contribution in [0.5, 0.6) is 0 Å². The molecular weight excluding hydrogens is 540 g/mol. The highest BCUT2D eigenvalue weighted by atomic mass is 19.1. The maximum absolute atomic E-state index is 15.3. The average Bonchev–Trinajstić information content (AvgIpc) is 3.57. The molecule has 4 atom stereocenters. The van der Waals surface area contributed by atoms with Crippen LogP contribution in [0, 0.1) is 17.6 Å². The summed E-state index contributed by atoms with van der Waals surface area (Å²) in [7, 11) is 0. The first-order valence-corrected chi connectivity index (χ1v) is 14.4. The molecule has 0 radical (unpaired) electrons. The first kappa shape index (κ1) is 28.2. The number of imidazole rings is 1. The molecule has 220 valence electrons. The lowest BCUT2D eigenvalue weighted by atomic mass is 9.73. The number of halogens is 2. The van der Waals surface area contributed by atoms with Crippen LogP contribution in [-0.2, 0) is 10.4 Å². The fourth-order valence-corrected chi connectivity index (χ4v) is 6.75. The van der Waals surface area contributed by atoms with Gasteiger partial charge in [0.25, 0.3) is 0 Å². The third-order valence-electron chi connectivity index (χ3n) is 8.85. The number of hydrogen-bond acceptors (Lipinski definition) is 7. The van der Waals surface area contributed by atoms with E-state index in [2.05, 4.69) is 32.6 Å². The molecule has 9 nitrogen and oxygen atoms in total. The van der Waals surface area contributed by atoms with Crippen molar-refractivity contribution in [1.82, 2.24) is 24.9 Å². The molecule has 6 rings (SSSR count). The van der Waals surface area contributed by atoms with E-state index in [1.54, 1.807) is 30.7 Å². The van der Waals surface area contributed by atoms with Gasteiger partial charge in [0.1, 0.15) is 11.6 Å². The maximum Gasteiger partial charge on any atom is 0.229 e. The standard InChI is InChI=1S/C31H35F2N7O2/c1-17-11-19(12-25(34)29(17)37-18(2)41)22-7-10-35-16-27(22)38-30-36-15-21-5-6-26(39-40(21)30)28-23(32)13-20(14-24(28)33)31(42)8-3-4-9-31/h5-7,10,13-17,19,25,29,42H,3-4,8-9,11-12,34H2,1-2H3,(H,36,38)(H,37,41). The molecule has 3 heterocycles. The van der Waals surface area contributed by atoms with Crippen LogP contribution in [0.1, 0.15) is 69.4 Å². The van der Waals surface area contributed by atoms with Crippen LogP contribution in [-0.4, -0.2) is 42.7 Å².